The van der Waals surface area contributed by atoms with E-state index in [9.17, 15) is 0 Å². The van der Waals surface area contributed by atoms with Crippen LogP contribution in [0.5, 0.6) is 0 Å². The second-order valence-electron chi connectivity index (χ2n) is 6.81. The number of aliphatic imine (C=N–C) groups is 1. The molecular formula is C20H35IN4O2. The molecule has 154 valence electrons. The molecule has 1 aliphatic heterocycles. The van der Waals surface area contributed by atoms with E-state index < -0.39 is 0 Å². The first-order valence-corrected chi connectivity index (χ1v) is 9.60. The molecule has 0 saturated carbocycles. The van der Waals surface area contributed by atoms with Gasteiger partial charge >= 0.3 is 0 Å². The van der Waals surface area contributed by atoms with Gasteiger partial charge in [0.15, 0.2) is 5.96 Å². The van der Waals surface area contributed by atoms with E-state index in [1.54, 1.807) is 7.05 Å². The maximum Gasteiger partial charge on any atom is 0.191 e. The third-order valence-electron chi connectivity index (χ3n) is 4.44. The second kappa shape index (κ2) is 15.1. The minimum absolute atomic E-state index is 0. The average Bonchev–Trinajstić information content (AvgIpc) is 3.17. The van der Waals surface area contributed by atoms with E-state index in [4.69, 9.17) is 9.47 Å². The number of benzene rings is 1. The van der Waals surface area contributed by atoms with Crippen LogP contribution in [0.3, 0.4) is 0 Å². The van der Waals surface area contributed by atoms with E-state index in [0.29, 0.717) is 5.92 Å². The van der Waals surface area contributed by atoms with E-state index in [2.05, 4.69) is 57.9 Å². The van der Waals surface area contributed by atoms with Gasteiger partial charge in [-0.15, -0.1) is 24.0 Å². The Bertz CT molecular complexity index is 510. The molecule has 0 aliphatic carbocycles. The molecule has 0 aromatic heterocycles. The van der Waals surface area contributed by atoms with Crippen molar-refractivity contribution in [3.8, 4) is 0 Å². The number of nitrogens with one attached hydrogen (secondary N) is 2. The zero-order valence-corrected chi connectivity index (χ0v) is 19.0. The topological polar surface area (TPSA) is 58.1 Å². The van der Waals surface area contributed by atoms with Crippen molar-refractivity contribution in [3.05, 3.63) is 35.9 Å². The molecule has 1 heterocycles. The number of ether oxygens (including phenoxy) is 2. The Kier molecular flexibility index (Phi) is 13.5. The van der Waals surface area contributed by atoms with Gasteiger partial charge in [-0.3, -0.25) is 4.99 Å². The van der Waals surface area contributed by atoms with Crippen molar-refractivity contribution in [2.75, 3.05) is 60.2 Å². The van der Waals surface area contributed by atoms with Crippen LogP contribution >= 0.6 is 24.0 Å². The smallest absolute Gasteiger partial charge is 0.191 e. The number of likely N-dealkylation sites (N-methyl/N-ethyl adjacent to an activating group) is 1. The fourth-order valence-electron chi connectivity index (χ4n) is 2.91. The summed E-state index contributed by atoms with van der Waals surface area (Å²) < 4.78 is 11.1. The minimum Gasteiger partial charge on any atom is -0.381 e. The molecule has 2 N–H and O–H groups in total. The van der Waals surface area contributed by atoms with E-state index in [1.165, 1.54) is 5.56 Å². The average molecular weight is 490 g/mol. The number of halogens is 1. The van der Waals surface area contributed by atoms with Crippen LogP contribution in [0.1, 0.15) is 18.4 Å². The molecule has 1 fully saturated rings. The zero-order valence-electron chi connectivity index (χ0n) is 16.7. The number of rotatable bonds is 11. The zero-order chi connectivity index (χ0) is 18.5. The first-order valence-electron chi connectivity index (χ1n) is 9.60. The Morgan fingerprint density at radius 1 is 1.26 bits per heavy atom. The van der Waals surface area contributed by atoms with Crippen molar-refractivity contribution in [2.24, 2.45) is 10.9 Å². The van der Waals surface area contributed by atoms with Gasteiger partial charge in [0.1, 0.15) is 0 Å². The lowest BCUT2D eigenvalue weighted by Crippen LogP contribution is -2.41. The molecule has 1 atom stereocenters. The maximum atomic E-state index is 5.72. The lowest BCUT2D eigenvalue weighted by molar-refractivity contribution is 0.0888. The van der Waals surface area contributed by atoms with Crippen molar-refractivity contribution in [3.63, 3.8) is 0 Å². The third kappa shape index (κ3) is 10.9. The fraction of sp³-hybridized carbons (Fsp3) is 0.650. The van der Waals surface area contributed by atoms with Gasteiger partial charge in [0.05, 0.1) is 13.2 Å². The highest BCUT2D eigenvalue weighted by Crippen LogP contribution is 2.12. The van der Waals surface area contributed by atoms with E-state index in [0.717, 1.165) is 71.4 Å². The first-order chi connectivity index (χ1) is 12.8. The summed E-state index contributed by atoms with van der Waals surface area (Å²) in [6.45, 7) is 6.98. The SMILES string of the molecule is CN=C(NCCCOCC1CCOC1)NCCN(C)Cc1ccccc1.I. The van der Waals surface area contributed by atoms with Crippen molar-refractivity contribution in [1.82, 2.24) is 15.5 Å². The lowest BCUT2D eigenvalue weighted by Gasteiger charge is -2.18. The first kappa shape index (κ1) is 24.1. The largest absolute Gasteiger partial charge is 0.381 e. The molecule has 1 aromatic carbocycles. The van der Waals surface area contributed by atoms with Gasteiger partial charge in [0.25, 0.3) is 0 Å². The molecule has 1 unspecified atom stereocenters. The normalized spacial score (nSPS) is 17.0. The van der Waals surface area contributed by atoms with Gasteiger partial charge in [-0.1, -0.05) is 30.3 Å². The summed E-state index contributed by atoms with van der Waals surface area (Å²) in [7, 11) is 3.94. The number of hydrogen-bond acceptors (Lipinski definition) is 4. The molecule has 1 aromatic rings. The molecule has 1 aliphatic rings. The van der Waals surface area contributed by atoms with Crippen molar-refractivity contribution >= 4 is 29.9 Å². The van der Waals surface area contributed by atoms with Crippen LogP contribution < -0.4 is 10.6 Å². The molecule has 0 amide bonds. The van der Waals surface area contributed by atoms with Crippen molar-refractivity contribution in [2.45, 2.75) is 19.4 Å². The molecule has 0 radical (unpaired) electrons. The molecule has 2 rings (SSSR count). The summed E-state index contributed by atoms with van der Waals surface area (Å²) in [5.41, 5.74) is 1.33. The Balaban J connectivity index is 0.00000364. The van der Waals surface area contributed by atoms with Crippen LogP contribution in [0.2, 0.25) is 0 Å². The van der Waals surface area contributed by atoms with Gasteiger partial charge in [-0.2, -0.15) is 0 Å². The number of guanidine groups is 1. The molecule has 0 bridgehead atoms. The van der Waals surface area contributed by atoms with E-state index >= 15 is 0 Å². The van der Waals surface area contributed by atoms with Crippen LogP contribution in [0.15, 0.2) is 35.3 Å². The molecule has 0 spiro atoms. The molecule has 1 saturated heterocycles. The number of hydrogen-bond donors (Lipinski definition) is 2. The summed E-state index contributed by atoms with van der Waals surface area (Å²) >= 11 is 0. The van der Waals surface area contributed by atoms with Gasteiger partial charge in [0, 0.05) is 52.4 Å². The highest BCUT2D eigenvalue weighted by molar-refractivity contribution is 14.0. The summed E-state index contributed by atoms with van der Waals surface area (Å²) in [6, 6.07) is 10.5. The van der Waals surface area contributed by atoms with Crippen molar-refractivity contribution < 1.29 is 9.47 Å². The quantitative estimate of drug-likeness (QED) is 0.216. The third-order valence-corrected chi connectivity index (χ3v) is 4.44. The van der Waals surface area contributed by atoms with Crippen LogP contribution in [0, 0.1) is 5.92 Å². The van der Waals surface area contributed by atoms with E-state index in [1.807, 2.05) is 0 Å². The molecule has 27 heavy (non-hydrogen) atoms. The fourth-order valence-corrected chi connectivity index (χ4v) is 2.91. The highest BCUT2D eigenvalue weighted by Gasteiger charge is 2.15. The standard InChI is InChI=1S/C20H34N4O2.HI/c1-21-20(22-10-6-13-25-16-19-9-14-26-17-19)23-11-12-24(2)15-18-7-4-3-5-8-18;/h3-5,7-8,19H,6,9-17H2,1-2H3,(H2,21,22,23);1H. The Morgan fingerprint density at radius 2 is 2.04 bits per heavy atom. The van der Waals surface area contributed by atoms with Crippen LogP contribution in [0.25, 0.3) is 0 Å². The van der Waals surface area contributed by atoms with Gasteiger partial charge in [-0.25, -0.2) is 0 Å². The summed E-state index contributed by atoms with van der Waals surface area (Å²) in [4.78, 5) is 6.57. The molecule has 6 nitrogen and oxygen atoms in total. The summed E-state index contributed by atoms with van der Waals surface area (Å²) in [5.74, 6) is 1.44. The predicted octanol–water partition coefficient (Wildman–Crippen LogP) is 2.34. The summed E-state index contributed by atoms with van der Waals surface area (Å²) in [5, 5.41) is 6.70. The second-order valence-corrected chi connectivity index (χ2v) is 6.81. The lowest BCUT2D eigenvalue weighted by atomic mass is 10.1. The summed E-state index contributed by atoms with van der Waals surface area (Å²) in [6.07, 6.45) is 2.11. The minimum atomic E-state index is 0. The van der Waals surface area contributed by atoms with Crippen molar-refractivity contribution in [1.29, 1.82) is 0 Å². The monoisotopic (exact) mass is 490 g/mol. The van der Waals surface area contributed by atoms with Gasteiger partial charge < -0.3 is 25.0 Å². The molecule has 7 heteroatoms. The van der Waals surface area contributed by atoms with Crippen LogP contribution in [0.4, 0.5) is 0 Å². The van der Waals surface area contributed by atoms with E-state index in [-0.39, 0.29) is 24.0 Å². The number of nitrogens with zero attached hydrogens (tertiary/aromatic N) is 2. The predicted molar refractivity (Wildman–Crippen MR) is 122 cm³/mol. The Hall–Kier alpha value is -0.900. The maximum absolute atomic E-state index is 5.72. The Morgan fingerprint density at radius 3 is 2.74 bits per heavy atom. The van der Waals surface area contributed by atoms with Crippen LogP contribution in [-0.4, -0.2) is 71.0 Å². The van der Waals surface area contributed by atoms with Crippen LogP contribution in [-0.2, 0) is 16.0 Å². The molecular weight excluding hydrogens is 455 g/mol. The van der Waals surface area contributed by atoms with Gasteiger partial charge in [-0.05, 0) is 25.5 Å². The highest BCUT2D eigenvalue weighted by atomic mass is 127. The Labute approximate surface area is 181 Å². The van der Waals surface area contributed by atoms with Gasteiger partial charge in [0.2, 0.25) is 0 Å².